The van der Waals surface area contributed by atoms with Crippen molar-refractivity contribution in [3.05, 3.63) is 35.8 Å². The Balaban J connectivity index is 2.45. The molecule has 0 fully saturated rings. The van der Waals surface area contributed by atoms with Crippen LogP contribution in [-0.4, -0.2) is 28.7 Å². The zero-order valence-electron chi connectivity index (χ0n) is 9.40. The van der Waals surface area contributed by atoms with Crippen LogP contribution in [0.2, 0.25) is 0 Å². The van der Waals surface area contributed by atoms with Crippen molar-refractivity contribution in [3.63, 3.8) is 0 Å². The first kappa shape index (κ1) is 11.6. The molecule has 4 nitrogen and oxygen atoms in total. The van der Waals surface area contributed by atoms with E-state index in [1.807, 2.05) is 0 Å². The van der Waals surface area contributed by atoms with Gasteiger partial charge in [0.15, 0.2) is 0 Å². The van der Waals surface area contributed by atoms with Crippen LogP contribution in [0.3, 0.4) is 0 Å². The van der Waals surface area contributed by atoms with Crippen LogP contribution in [0.1, 0.15) is 10.5 Å². The van der Waals surface area contributed by atoms with Crippen molar-refractivity contribution in [1.29, 1.82) is 0 Å². The molecule has 0 aliphatic carbocycles. The fourth-order valence-electron chi connectivity index (χ4n) is 1.80. The zero-order chi connectivity index (χ0) is 12.4. The lowest BCUT2D eigenvalue weighted by molar-refractivity contribution is 0.0937. The molecule has 2 rings (SSSR count). The van der Waals surface area contributed by atoms with Gasteiger partial charge in [0.05, 0.1) is 12.1 Å². The average molecular weight is 236 g/mol. The first-order chi connectivity index (χ1) is 8.15. The number of carbonyl (C=O) groups excluding carboxylic acids is 1. The lowest BCUT2D eigenvalue weighted by atomic mass is 10.2. The Bertz CT molecular complexity index is 563. The molecule has 0 aliphatic rings. The molecule has 1 aromatic carbocycles. The van der Waals surface area contributed by atoms with Crippen LogP contribution in [0.5, 0.6) is 0 Å². The molecule has 5 heteroatoms. The molecule has 2 N–H and O–H groups in total. The number of aromatic nitrogens is 1. The number of aliphatic hydroxyl groups is 1. The van der Waals surface area contributed by atoms with Crippen LogP contribution in [0, 0.1) is 5.82 Å². The number of carbonyl (C=O) groups is 1. The summed E-state index contributed by atoms with van der Waals surface area (Å²) in [6.45, 7) is 0.0624. The van der Waals surface area contributed by atoms with E-state index in [2.05, 4.69) is 5.32 Å². The highest BCUT2D eigenvalue weighted by Gasteiger charge is 2.14. The third-order valence-corrected chi connectivity index (χ3v) is 2.66. The Kier molecular flexibility index (Phi) is 3.10. The average Bonchev–Trinajstić information content (AvgIpc) is 2.66. The number of rotatable bonds is 3. The number of hydrogen-bond acceptors (Lipinski definition) is 2. The van der Waals surface area contributed by atoms with Crippen molar-refractivity contribution in [2.45, 2.75) is 0 Å². The number of aliphatic hydroxyl groups excluding tert-OH is 1. The number of nitrogens with one attached hydrogen (secondary N) is 1. The van der Waals surface area contributed by atoms with Crippen molar-refractivity contribution >= 4 is 16.8 Å². The molecular formula is C12H13FN2O2. The van der Waals surface area contributed by atoms with Crippen LogP contribution >= 0.6 is 0 Å². The zero-order valence-corrected chi connectivity index (χ0v) is 9.40. The smallest absolute Gasteiger partial charge is 0.268 e. The first-order valence-electron chi connectivity index (χ1n) is 5.28. The Morgan fingerprint density at radius 1 is 1.53 bits per heavy atom. The van der Waals surface area contributed by atoms with Crippen LogP contribution in [-0.2, 0) is 7.05 Å². The van der Waals surface area contributed by atoms with Gasteiger partial charge in [-0.2, -0.15) is 0 Å². The lowest BCUT2D eigenvalue weighted by Gasteiger charge is -2.04. The molecule has 1 aromatic heterocycles. The summed E-state index contributed by atoms with van der Waals surface area (Å²) in [4.78, 5) is 11.7. The predicted molar refractivity (Wildman–Crippen MR) is 62.3 cm³/mol. The minimum Gasteiger partial charge on any atom is -0.395 e. The van der Waals surface area contributed by atoms with Gasteiger partial charge in [-0.25, -0.2) is 4.39 Å². The summed E-state index contributed by atoms with van der Waals surface area (Å²) in [5.74, 6) is -0.670. The van der Waals surface area contributed by atoms with Gasteiger partial charge in [0, 0.05) is 19.0 Å². The number of aryl methyl sites for hydroxylation is 1. The van der Waals surface area contributed by atoms with E-state index in [1.54, 1.807) is 23.7 Å². The van der Waals surface area contributed by atoms with E-state index in [0.29, 0.717) is 16.6 Å². The van der Waals surface area contributed by atoms with E-state index >= 15 is 0 Å². The number of amides is 1. The standard InChI is InChI=1S/C12H13FN2O2/c1-15-10-4-2-3-9(13)8(10)7-11(15)12(17)14-5-6-16/h2-4,7,16H,5-6H2,1H3,(H,14,17). The van der Waals surface area contributed by atoms with Gasteiger partial charge in [-0.15, -0.1) is 0 Å². The summed E-state index contributed by atoms with van der Waals surface area (Å²) in [6, 6.07) is 6.23. The summed E-state index contributed by atoms with van der Waals surface area (Å²) < 4.78 is 15.1. The maximum atomic E-state index is 13.5. The van der Waals surface area contributed by atoms with E-state index in [1.165, 1.54) is 12.1 Å². The normalized spacial score (nSPS) is 10.8. The minimum absolute atomic E-state index is 0.121. The second-order valence-corrected chi connectivity index (χ2v) is 3.74. The molecule has 0 unspecified atom stereocenters. The summed E-state index contributed by atoms with van der Waals surface area (Å²) in [5.41, 5.74) is 1.04. The van der Waals surface area contributed by atoms with Gasteiger partial charge >= 0.3 is 0 Å². The Hall–Kier alpha value is -1.88. The molecule has 1 amide bonds. The third kappa shape index (κ3) is 2.01. The molecule has 2 aromatic rings. The molecule has 0 saturated carbocycles. The maximum absolute atomic E-state index is 13.5. The number of hydrogen-bond donors (Lipinski definition) is 2. The summed E-state index contributed by atoms with van der Waals surface area (Å²) >= 11 is 0. The Labute approximate surface area is 97.7 Å². The third-order valence-electron chi connectivity index (χ3n) is 2.66. The van der Waals surface area contributed by atoms with Crippen LogP contribution < -0.4 is 5.32 Å². The quantitative estimate of drug-likeness (QED) is 0.836. The van der Waals surface area contributed by atoms with Crippen molar-refractivity contribution in [1.82, 2.24) is 9.88 Å². The SMILES string of the molecule is Cn1c(C(=O)NCCO)cc2c(F)cccc21. The molecule has 0 saturated heterocycles. The number of benzene rings is 1. The highest BCUT2D eigenvalue weighted by atomic mass is 19.1. The highest BCUT2D eigenvalue weighted by molar-refractivity contribution is 5.98. The number of halogens is 1. The van der Waals surface area contributed by atoms with Crippen molar-refractivity contribution in [2.24, 2.45) is 7.05 Å². The molecule has 0 atom stereocenters. The molecule has 0 aliphatic heterocycles. The summed E-state index contributed by atoms with van der Waals surface area (Å²) in [7, 11) is 1.70. The Morgan fingerprint density at radius 3 is 2.94 bits per heavy atom. The molecule has 0 spiro atoms. The van der Waals surface area contributed by atoms with Gasteiger partial charge in [0.1, 0.15) is 11.5 Å². The van der Waals surface area contributed by atoms with Gasteiger partial charge < -0.3 is 15.0 Å². The molecule has 0 bridgehead atoms. The Morgan fingerprint density at radius 2 is 2.29 bits per heavy atom. The molecule has 1 heterocycles. The predicted octanol–water partition coefficient (Wildman–Crippen LogP) is 1.04. The number of fused-ring (bicyclic) bond motifs is 1. The molecule has 90 valence electrons. The van der Waals surface area contributed by atoms with Crippen LogP contribution in [0.15, 0.2) is 24.3 Å². The van der Waals surface area contributed by atoms with Crippen molar-refractivity contribution < 1.29 is 14.3 Å². The largest absolute Gasteiger partial charge is 0.395 e. The summed E-state index contributed by atoms with van der Waals surface area (Å²) in [6.07, 6.45) is 0. The van der Waals surface area contributed by atoms with E-state index in [9.17, 15) is 9.18 Å². The van der Waals surface area contributed by atoms with E-state index in [4.69, 9.17) is 5.11 Å². The maximum Gasteiger partial charge on any atom is 0.268 e. The second-order valence-electron chi connectivity index (χ2n) is 3.74. The van der Waals surface area contributed by atoms with Crippen molar-refractivity contribution in [2.75, 3.05) is 13.2 Å². The fourth-order valence-corrected chi connectivity index (χ4v) is 1.80. The van der Waals surface area contributed by atoms with Gasteiger partial charge in [0.25, 0.3) is 5.91 Å². The van der Waals surface area contributed by atoms with E-state index in [0.717, 1.165) is 0 Å². The van der Waals surface area contributed by atoms with Crippen LogP contribution in [0.25, 0.3) is 10.9 Å². The van der Waals surface area contributed by atoms with Gasteiger partial charge in [-0.05, 0) is 18.2 Å². The molecular weight excluding hydrogens is 223 g/mol. The monoisotopic (exact) mass is 236 g/mol. The second kappa shape index (κ2) is 4.55. The van der Waals surface area contributed by atoms with E-state index < -0.39 is 0 Å². The topological polar surface area (TPSA) is 54.3 Å². The van der Waals surface area contributed by atoms with Gasteiger partial charge in [-0.1, -0.05) is 6.07 Å². The molecule has 0 radical (unpaired) electrons. The van der Waals surface area contributed by atoms with E-state index in [-0.39, 0.29) is 24.9 Å². The van der Waals surface area contributed by atoms with Gasteiger partial charge in [0.2, 0.25) is 0 Å². The summed E-state index contributed by atoms with van der Waals surface area (Å²) in [5, 5.41) is 11.6. The molecule has 17 heavy (non-hydrogen) atoms. The minimum atomic E-state index is -0.348. The fraction of sp³-hybridized carbons (Fsp3) is 0.250. The van der Waals surface area contributed by atoms with Gasteiger partial charge in [-0.3, -0.25) is 4.79 Å². The first-order valence-corrected chi connectivity index (χ1v) is 5.28. The number of nitrogens with zero attached hydrogens (tertiary/aromatic N) is 1. The van der Waals surface area contributed by atoms with Crippen molar-refractivity contribution in [3.8, 4) is 0 Å². The lowest BCUT2D eigenvalue weighted by Crippen LogP contribution is -2.27. The highest BCUT2D eigenvalue weighted by Crippen LogP contribution is 2.21. The van der Waals surface area contributed by atoms with Crippen LogP contribution in [0.4, 0.5) is 4.39 Å².